The summed E-state index contributed by atoms with van der Waals surface area (Å²) in [5.74, 6) is 1.95. The highest BCUT2D eigenvalue weighted by atomic mass is 16.5. The van der Waals surface area contributed by atoms with E-state index < -0.39 is 0 Å². The van der Waals surface area contributed by atoms with Gasteiger partial charge in [-0.25, -0.2) is 4.79 Å². The van der Waals surface area contributed by atoms with Crippen LogP contribution < -0.4 is 10.6 Å². The molecular formula is C32H34N2O3. The lowest BCUT2D eigenvalue weighted by molar-refractivity contribution is -0.121. The predicted octanol–water partition coefficient (Wildman–Crippen LogP) is 6.70. The van der Waals surface area contributed by atoms with Crippen molar-refractivity contribution in [3.8, 4) is 0 Å². The van der Waals surface area contributed by atoms with Crippen LogP contribution in [0.4, 0.5) is 4.79 Å². The molecule has 5 nitrogen and oxygen atoms in total. The van der Waals surface area contributed by atoms with E-state index in [1.54, 1.807) is 0 Å². The van der Waals surface area contributed by atoms with Crippen LogP contribution in [0.2, 0.25) is 0 Å². The molecule has 2 amide bonds. The highest BCUT2D eigenvalue weighted by molar-refractivity contribution is 6.23. The Kier molecular flexibility index (Phi) is 6.69. The zero-order chi connectivity index (χ0) is 25.2. The van der Waals surface area contributed by atoms with Crippen LogP contribution in [-0.2, 0) is 16.1 Å². The standard InChI is InChI=1S/C32H34N2O3/c35-29(11-6-18-33-32(36)37-20-28-26-9-3-1-2-4-10-27(26)28)34-19-24-15-14-23-13-12-21-7-5-8-22-16-17-25(24)31(23)30(21)22/h1-2,5,7-8,12-17,26-28H,3-4,6,9-11,18-20H2,(H,33,36)(H,34,35)/b2-1-/t26-,27+,28-. The number of fused-ring (bicyclic) bond motifs is 1. The molecule has 2 aliphatic rings. The molecule has 0 aliphatic heterocycles. The molecule has 0 spiro atoms. The molecule has 2 aliphatic carbocycles. The van der Waals surface area contributed by atoms with Gasteiger partial charge in [-0.2, -0.15) is 0 Å². The van der Waals surface area contributed by atoms with E-state index in [1.165, 1.54) is 45.2 Å². The van der Waals surface area contributed by atoms with E-state index in [0.29, 0.717) is 38.5 Å². The van der Waals surface area contributed by atoms with E-state index in [2.05, 4.69) is 77.4 Å². The van der Waals surface area contributed by atoms with Gasteiger partial charge in [0.25, 0.3) is 0 Å². The van der Waals surface area contributed by atoms with E-state index in [1.807, 2.05) is 0 Å². The molecule has 6 rings (SSSR count). The summed E-state index contributed by atoms with van der Waals surface area (Å²) in [6, 6.07) is 19.3. The summed E-state index contributed by atoms with van der Waals surface area (Å²) in [5.41, 5.74) is 1.11. The molecule has 5 heteroatoms. The van der Waals surface area contributed by atoms with Crippen molar-refractivity contribution in [2.24, 2.45) is 17.8 Å². The number of nitrogens with one attached hydrogen (secondary N) is 2. The first-order valence-electron chi connectivity index (χ1n) is 13.7. The topological polar surface area (TPSA) is 67.4 Å². The molecule has 0 heterocycles. The smallest absolute Gasteiger partial charge is 0.407 e. The van der Waals surface area contributed by atoms with Gasteiger partial charge in [-0.05, 0) is 87.7 Å². The average Bonchev–Trinajstić information content (AvgIpc) is 3.56. The van der Waals surface area contributed by atoms with E-state index in [4.69, 9.17) is 4.74 Å². The molecule has 4 aromatic carbocycles. The number of hydrogen-bond acceptors (Lipinski definition) is 3. The Morgan fingerprint density at radius 1 is 0.811 bits per heavy atom. The number of hydrogen-bond donors (Lipinski definition) is 2. The zero-order valence-corrected chi connectivity index (χ0v) is 21.2. The second kappa shape index (κ2) is 10.4. The maximum absolute atomic E-state index is 12.5. The Labute approximate surface area is 217 Å². The summed E-state index contributed by atoms with van der Waals surface area (Å²) >= 11 is 0. The normalized spacial score (nSPS) is 21.8. The van der Waals surface area contributed by atoms with Gasteiger partial charge in [0.15, 0.2) is 0 Å². The second-order valence-electron chi connectivity index (χ2n) is 10.6. The number of rotatable bonds is 8. The minimum Gasteiger partial charge on any atom is -0.449 e. The number of amides is 2. The molecule has 0 bridgehead atoms. The van der Waals surface area contributed by atoms with Gasteiger partial charge in [-0.3, -0.25) is 4.79 Å². The molecule has 0 saturated heterocycles. The van der Waals surface area contributed by atoms with E-state index in [-0.39, 0.29) is 12.0 Å². The Balaban J connectivity index is 0.953. The van der Waals surface area contributed by atoms with Crippen LogP contribution in [0.15, 0.2) is 66.7 Å². The number of ether oxygens (including phenoxy) is 1. The fraction of sp³-hybridized carbons (Fsp3) is 0.375. The summed E-state index contributed by atoms with van der Waals surface area (Å²) in [7, 11) is 0. The molecular weight excluding hydrogens is 460 g/mol. The molecule has 1 fully saturated rings. The summed E-state index contributed by atoms with van der Waals surface area (Å²) in [5, 5.41) is 13.3. The molecule has 3 atom stereocenters. The SMILES string of the molecule is O=C(CCCNC(=O)OC[C@@H]1[C@@H]2CC/C=C\CC[C@@H]21)NCc1ccc2ccc3cccc4ccc1c2c34. The number of benzene rings is 4. The Bertz CT molecular complexity index is 1430. The first-order valence-corrected chi connectivity index (χ1v) is 13.7. The molecule has 190 valence electrons. The number of alkyl carbamates (subject to hydrolysis) is 1. The van der Waals surface area contributed by atoms with Crippen molar-refractivity contribution in [2.45, 2.75) is 45.1 Å². The van der Waals surface area contributed by atoms with E-state index in [0.717, 1.165) is 30.2 Å². The minimum atomic E-state index is -0.369. The average molecular weight is 495 g/mol. The van der Waals surface area contributed by atoms with Gasteiger partial charge in [0.1, 0.15) is 0 Å². The zero-order valence-electron chi connectivity index (χ0n) is 21.2. The Hall–Kier alpha value is -3.60. The molecule has 2 N–H and O–H groups in total. The van der Waals surface area contributed by atoms with Crippen molar-refractivity contribution >= 4 is 44.3 Å². The molecule has 1 saturated carbocycles. The lowest BCUT2D eigenvalue weighted by Crippen LogP contribution is -2.28. The maximum Gasteiger partial charge on any atom is 0.407 e. The van der Waals surface area contributed by atoms with E-state index >= 15 is 0 Å². The van der Waals surface area contributed by atoms with Crippen molar-refractivity contribution in [1.82, 2.24) is 10.6 Å². The van der Waals surface area contributed by atoms with Gasteiger partial charge in [0.05, 0.1) is 6.61 Å². The summed E-state index contributed by atoms with van der Waals surface area (Å²) in [4.78, 5) is 24.6. The lowest BCUT2D eigenvalue weighted by Gasteiger charge is -2.14. The number of carbonyl (C=O) groups excluding carboxylic acids is 2. The summed E-state index contributed by atoms with van der Waals surface area (Å²) < 4.78 is 5.47. The van der Waals surface area contributed by atoms with Gasteiger partial charge in [0.2, 0.25) is 5.91 Å². The number of carbonyl (C=O) groups is 2. The monoisotopic (exact) mass is 494 g/mol. The highest BCUT2D eigenvalue weighted by Gasteiger charge is 2.49. The molecule has 0 unspecified atom stereocenters. The highest BCUT2D eigenvalue weighted by Crippen LogP contribution is 2.52. The van der Waals surface area contributed by atoms with Crippen LogP contribution in [-0.4, -0.2) is 25.2 Å². The first kappa shape index (κ1) is 23.8. The molecule has 4 aromatic rings. The quantitative estimate of drug-likeness (QED) is 0.163. The third-order valence-electron chi connectivity index (χ3n) is 8.36. The fourth-order valence-electron chi connectivity index (χ4n) is 6.34. The first-order chi connectivity index (χ1) is 18.2. The van der Waals surface area contributed by atoms with Crippen molar-refractivity contribution in [1.29, 1.82) is 0 Å². The molecule has 0 radical (unpaired) electrons. The third kappa shape index (κ3) is 5.00. The van der Waals surface area contributed by atoms with Crippen LogP contribution in [0, 0.1) is 17.8 Å². The van der Waals surface area contributed by atoms with Gasteiger partial charge >= 0.3 is 6.09 Å². The minimum absolute atomic E-state index is 0.0105. The largest absolute Gasteiger partial charge is 0.449 e. The van der Waals surface area contributed by atoms with Crippen LogP contribution in [0.5, 0.6) is 0 Å². The fourth-order valence-corrected chi connectivity index (χ4v) is 6.34. The summed E-state index contributed by atoms with van der Waals surface area (Å²) in [6.07, 6.45) is 9.84. The predicted molar refractivity (Wildman–Crippen MR) is 149 cm³/mol. The second-order valence-corrected chi connectivity index (χ2v) is 10.6. The molecule has 0 aromatic heterocycles. The maximum atomic E-state index is 12.5. The number of allylic oxidation sites excluding steroid dienone is 2. The van der Waals surface area contributed by atoms with Gasteiger partial charge in [-0.1, -0.05) is 66.7 Å². The van der Waals surface area contributed by atoms with Crippen molar-refractivity contribution < 1.29 is 14.3 Å². The summed E-state index contributed by atoms with van der Waals surface area (Å²) in [6.45, 7) is 1.44. The Morgan fingerprint density at radius 2 is 1.49 bits per heavy atom. The van der Waals surface area contributed by atoms with Crippen LogP contribution >= 0.6 is 0 Å². The lowest BCUT2D eigenvalue weighted by atomic mass is 9.92. The van der Waals surface area contributed by atoms with Crippen molar-refractivity contribution in [2.75, 3.05) is 13.2 Å². The van der Waals surface area contributed by atoms with Crippen molar-refractivity contribution in [3.05, 3.63) is 72.3 Å². The van der Waals surface area contributed by atoms with Crippen LogP contribution in [0.25, 0.3) is 32.3 Å². The van der Waals surface area contributed by atoms with Crippen molar-refractivity contribution in [3.63, 3.8) is 0 Å². The van der Waals surface area contributed by atoms with E-state index in [9.17, 15) is 9.59 Å². The van der Waals surface area contributed by atoms with Gasteiger partial charge < -0.3 is 15.4 Å². The van der Waals surface area contributed by atoms with Gasteiger partial charge in [-0.15, -0.1) is 0 Å². The van der Waals surface area contributed by atoms with Crippen LogP contribution in [0.3, 0.4) is 0 Å². The molecule has 37 heavy (non-hydrogen) atoms. The van der Waals surface area contributed by atoms with Gasteiger partial charge in [0, 0.05) is 19.5 Å². The Morgan fingerprint density at radius 3 is 2.24 bits per heavy atom. The van der Waals surface area contributed by atoms with Crippen LogP contribution in [0.1, 0.15) is 44.1 Å². The third-order valence-corrected chi connectivity index (χ3v) is 8.36.